The van der Waals surface area contributed by atoms with Crippen LogP contribution < -0.4 is 15.0 Å². The number of aromatic amines is 1. The van der Waals surface area contributed by atoms with Gasteiger partial charge in [0.25, 0.3) is 5.56 Å². The zero-order chi connectivity index (χ0) is 17.1. The summed E-state index contributed by atoms with van der Waals surface area (Å²) in [6, 6.07) is 14.2. The van der Waals surface area contributed by atoms with Gasteiger partial charge in [0.05, 0.1) is 12.6 Å². The fourth-order valence-corrected chi connectivity index (χ4v) is 2.42. The van der Waals surface area contributed by atoms with Crippen LogP contribution in [-0.4, -0.2) is 23.2 Å². The van der Waals surface area contributed by atoms with Crippen molar-refractivity contribution < 1.29 is 19.4 Å². The molecule has 6 nitrogen and oxygen atoms in total. The number of pyridine rings is 1. The molecule has 0 aliphatic rings. The smallest absolute Gasteiger partial charge is 0.341 e. The van der Waals surface area contributed by atoms with E-state index in [-0.39, 0.29) is 5.56 Å². The summed E-state index contributed by atoms with van der Waals surface area (Å²) in [5, 5.41) is 9.62. The summed E-state index contributed by atoms with van der Waals surface area (Å²) in [5.74, 6) is -0.453. The minimum atomic E-state index is -1.28. The number of aromatic carboxylic acids is 1. The van der Waals surface area contributed by atoms with Gasteiger partial charge in [0.2, 0.25) is 0 Å². The highest BCUT2D eigenvalue weighted by molar-refractivity contribution is 5.94. The summed E-state index contributed by atoms with van der Waals surface area (Å²) >= 11 is 0. The molecule has 2 N–H and O–H groups in total. The number of aromatic nitrogens is 1. The van der Waals surface area contributed by atoms with Gasteiger partial charge in [-0.05, 0) is 23.8 Å². The molecule has 0 saturated carbocycles. The second-order valence-electron chi connectivity index (χ2n) is 5.15. The third-order valence-corrected chi connectivity index (χ3v) is 3.61. The van der Waals surface area contributed by atoms with Crippen LogP contribution in [0.5, 0.6) is 11.5 Å². The van der Waals surface area contributed by atoms with Crippen LogP contribution in [0, 0.1) is 0 Å². The lowest BCUT2D eigenvalue weighted by atomic mass is 10.1. The third kappa shape index (κ3) is 2.94. The summed E-state index contributed by atoms with van der Waals surface area (Å²) < 4.78 is 11.1. The van der Waals surface area contributed by atoms with Gasteiger partial charge < -0.3 is 19.6 Å². The lowest BCUT2D eigenvalue weighted by Crippen LogP contribution is -2.17. The van der Waals surface area contributed by atoms with Crippen molar-refractivity contribution in [2.75, 3.05) is 7.11 Å². The fraction of sp³-hybridized carbons (Fsp3) is 0.111. The predicted octanol–water partition coefficient (Wildman–Crippen LogP) is 2.81. The van der Waals surface area contributed by atoms with Gasteiger partial charge in [-0.25, -0.2) is 4.79 Å². The molecule has 0 radical (unpaired) electrons. The number of carboxylic acid groups (broad SMARTS) is 1. The fourth-order valence-electron chi connectivity index (χ4n) is 2.42. The van der Waals surface area contributed by atoms with Gasteiger partial charge in [0.15, 0.2) is 11.5 Å². The predicted molar refractivity (Wildman–Crippen MR) is 88.9 cm³/mol. The zero-order valence-corrected chi connectivity index (χ0v) is 12.9. The molecule has 6 heteroatoms. The molecule has 0 unspecified atom stereocenters. The Kier molecular flexibility index (Phi) is 4.20. The Labute approximate surface area is 137 Å². The first-order chi connectivity index (χ1) is 11.6. The van der Waals surface area contributed by atoms with E-state index in [4.69, 9.17) is 14.6 Å². The Morgan fingerprint density at radius 1 is 1.17 bits per heavy atom. The summed E-state index contributed by atoms with van der Waals surface area (Å²) in [6.07, 6.45) is 0. The summed E-state index contributed by atoms with van der Waals surface area (Å²) in [7, 11) is 1.50. The van der Waals surface area contributed by atoms with Crippen LogP contribution >= 0.6 is 0 Å². The van der Waals surface area contributed by atoms with Gasteiger partial charge in [-0.15, -0.1) is 0 Å². The number of benzene rings is 2. The van der Waals surface area contributed by atoms with E-state index in [0.717, 1.165) is 5.56 Å². The van der Waals surface area contributed by atoms with Crippen molar-refractivity contribution in [1.29, 1.82) is 0 Å². The third-order valence-electron chi connectivity index (χ3n) is 3.61. The van der Waals surface area contributed by atoms with Crippen molar-refractivity contribution in [2.24, 2.45) is 0 Å². The van der Waals surface area contributed by atoms with Crippen LogP contribution in [0.4, 0.5) is 0 Å². The van der Waals surface area contributed by atoms with E-state index in [1.807, 2.05) is 30.3 Å². The number of carbonyl (C=O) groups is 1. The number of methoxy groups -OCH3 is 1. The molecular weight excluding hydrogens is 310 g/mol. The van der Waals surface area contributed by atoms with Crippen LogP contribution in [0.25, 0.3) is 10.9 Å². The maximum absolute atomic E-state index is 12.0. The van der Waals surface area contributed by atoms with E-state index in [1.54, 1.807) is 12.1 Å². The van der Waals surface area contributed by atoms with E-state index < -0.39 is 11.5 Å². The SMILES string of the molecule is COc1ccc2cc(C(=O)O)c(=O)[nH]c2c1OCc1ccccc1. The number of hydrogen-bond donors (Lipinski definition) is 2. The van der Waals surface area contributed by atoms with E-state index >= 15 is 0 Å². The number of hydrogen-bond acceptors (Lipinski definition) is 4. The van der Waals surface area contributed by atoms with Gasteiger partial charge in [-0.1, -0.05) is 30.3 Å². The van der Waals surface area contributed by atoms with Gasteiger partial charge >= 0.3 is 5.97 Å². The second-order valence-corrected chi connectivity index (χ2v) is 5.15. The van der Waals surface area contributed by atoms with Crippen LogP contribution in [0.3, 0.4) is 0 Å². The highest BCUT2D eigenvalue weighted by Crippen LogP contribution is 2.34. The molecule has 0 bridgehead atoms. The van der Waals surface area contributed by atoms with Crippen LogP contribution in [0.15, 0.2) is 53.3 Å². The molecule has 0 aliphatic heterocycles. The van der Waals surface area contributed by atoms with Crippen molar-refractivity contribution in [3.63, 3.8) is 0 Å². The first kappa shape index (κ1) is 15.6. The molecule has 0 aliphatic carbocycles. The average molecular weight is 325 g/mol. The van der Waals surface area contributed by atoms with Gasteiger partial charge in [0, 0.05) is 5.39 Å². The van der Waals surface area contributed by atoms with E-state index in [2.05, 4.69) is 4.98 Å². The second kappa shape index (κ2) is 6.45. The first-order valence-corrected chi connectivity index (χ1v) is 7.24. The molecule has 0 saturated heterocycles. The highest BCUT2D eigenvalue weighted by atomic mass is 16.5. The summed E-state index contributed by atoms with van der Waals surface area (Å²) in [6.45, 7) is 0.291. The number of H-pyrrole nitrogens is 1. The van der Waals surface area contributed by atoms with Gasteiger partial charge in [0.1, 0.15) is 12.2 Å². The molecule has 1 aromatic heterocycles. The number of ether oxygens (including phenoxy) is 2. The highest BCUT2D eigenvalue weighted by Gasteiger charge is 2.15. The van der Waals surface area contributed by atoms with Crippen molar-refractivity contribution in [2.45, 2.75) is 6.61 Å². The minimum Gasteiger partial charge on any atom is -0.493 e. The number of fused-ring (bicyclic) bond motifs is 1. The molecule has 24 heavy (non-hydrogen) atoms. The number of nitrogens with one attached hydrogen (secondary N) is 1. The molecule has 3 aromatic rings. The average Bonchev–Trinajstić information content (AvgIpc) is 2.59. The zero-order valence-electron chi connectivity index (χ0n) is 12.9. The molecule has 0 atom stereocenters. The molecule has 2 aromatic carbocycles. The molecular formula is C18H15NO5. The molecule has 1 heterocycles. The summed E-state index contributed by atoms with van der Waals surface area (Å²) in [4.78, 5) is 25.7. The Morgan fingerprint density at radius 3 is 2.58 bits per heavy atom. The Bertz CT molecular complexity index is 947. The lowest BCUT2D eigenvalue weighted by Gasteiger charge is -2.13. The first-order valence-electron chi connectivity index (χ1n) is 7.24. The van der Waals surface area contributed by atoms with Crippen molar-refractivity contribution >= 4 is 16.9 Å². The van der Waals surface area contributed by atoms with Crippen molar-refractivity contribution in [3.8, 4) is 11.5 Å². The minimum absolute atomic E-state index is 0.291. The normalized spacial score (nSPS) is 10.5. The van der Waals surface area contributed by atoms with Gasteiger partial charge in [-0.2, -0.15) is 0 Å². The van der Waals surface area contributed by atoms with Crippen LogP contribution in [-0.2, 0) is 6.61 Å². The number of carboxylic acids is 1. The summed E-state index contributed by atoms with van der Waals surface area (Å²) in [5.41, 5.74) is 0.357. The van der Waals surface area contributed by atoms with Gasteiger partial charge in [-0.3, -0.25) is 4.79 Å². The molecule has 0 fully saturated rings. The molecule has 0 spiro atoms. The maximum Gasteiger partial charge on any atom is 0.341 e. The maximum atomic E-state index is 12.0. The van der Waals surface area contributed by atoms with E-state index in [0.29, 0.717) is 29.0 Å². The Hall–Kier alpha value is -3.28. The molecule has 122 valence electrons. The Morgan fingerprint density at radius 2 is 1.92 bits per heavy atom. The van der Waals surface area contributed by atoms with Crippen molar-refractivity contribution in [1.82, 2.24) is 4.98 Å². The molecule has 3 rings (SSSR count). The van der Waals surface area contributed by atoms with E-state index in [1.165, 1.54) is 13.2 Å². The van der Waals surface area contributed by atoms with E-state index in [9.17, 15) is 9.59 Å². The standard InChI is InChI=1S/C18H15NO5/c1-23-14-8-7-12-9-13(18(21)22)17(20)19-15(12)16(14)24-10-11-5-3-2-4-6-11/h2-9H,10H2,1H3,(H,19,20)(H,21,22). The number of rotatable bonds is 5. The molecule has 0 amide bonds. The lowest BCUT2D eigenvalue weighted by molar-refractivity contribution is 0.0695. The topological polar surface area (TPSA) is 88.6 Å². The van der Waals surface area contributed by atoms with Crippen molar-refractivity contribution in [3.05, 3.63) is 70.0 Å². The Balaban J connectivity index is 2.08. The largest absolute Gasteiger partial charge is 0.493 e. The van der Waals surface area contributed by atoms with Crippen LogP contribution in [0.1, 0.15) is 15.9 Å². The van der Waals surface area contributed by atoms with Crippen LogP contribution in [0.2, 0.25) is 0 Å². The monoisotopic (exact) mass is 325 g/mol. The quantitative estimate of drug-likeness (QED) is 0.753.